The number of rotatable bonds is 3. The summed E-state index contributed by atoms with van der Waals surface area (Å²) in [5.41, 5.74) is 0.363. The molecule has 3 heterocycles. The molecular weight excluding hydrogens is 274 g/mol. The molecule has 3 aliphatic rings. The number of hydrogen-bond acceptors (Lipinski definition) is 4. The smallest absolute Gasteiger partial charge is 0.240 e. The standard InChI is InChI=1S/C14H17N3O2S/c15-9-11-2-1-3-13(8-11)20(18,19)16-14-10-17-6-4-12(14)5-7-17/h1-3,8,12,14,16H,4-7,10H2. The highest BCUT2D eigenvalue weighted by atomic mass is 32.2. The topological polar surface area (TPSA) is 73.2 Å². The normalized spacial score (nSPS) is 29.1. The minimum Gasteiger partial charge on any atom is -0.302 e. The van der Waals surface area contributed by atoms with Gasteiger partial charge in [-0.3, -0.25) is 0 Å². The Morgan fingerprint density at radius 2 is 2.05 bits per heavy atom. The third-order valence-corrected chi connectivity index (χ3v) is 5.72. The highest BCUT2D eigenvalue weighted by Crippen LogP contribution is 2.28. The summed E-state index contributed by atoms with van der Waals surface area (Å²) in [6.07, 6.45) is 2.12. The number of benzene rings is 1. The average Bonchev–Trinajstić information content (AvgIpc) is 2.48. The number of hydrogen-bond donors (Lipinski definition) is 1. The number of nitriles is 1. The number of piperidine rings is 3. The number of sulfonamides is 1. The quantitative estimate of drug-likeness (QED) is 0.899. The Hall–Kier alpha value is -1.42. The van der Waals surface area contributed by atoms with Crippen LogP contribution in [0.5, 0.6) is 0 Å². The summed E-state index contributed by atoms with van der Waals surface area (Å²) >= 11 is 0. The largest absolute Gasteiger partial charge is 0.302 e. The summed E-state index contributed by atoms with van der Waals surface area (Å²) in [6.45, 7) is 2.95. The van der Waals surface area contributed by atoms with Gasteiger partial charge in [-0.05, 0) is 50.0 Å². The molecule has 1 unspecified atom stereocenters. The van der Waals surface area contributed by atoms with E-state index in [2.05, 4.69) is 9.62 Å². The molecule has 6 heteroatoms. The van der Waals surface area contributed by atoms with E-state index in [1.54, 1.807) is 12.1 Å². The Kier molecular flexibility index (Phi) is 3.50. The first-order valence-corrected chi connectivity index (χ1v) is 8.32. The molecule has 3 aliphatic heterocycles. The van der Waals surface area contributed by atoms with E-state index in [-0.39, 0.29) is 10.9 Å². The van der Waals surface area contributed by atoms with Crippen molar-refractivity contribution < 1.29 is 8.42 Å². The van der Waals surface area contributed by atoms with Gasteiger partial charge in [0.05, 0.1) is 16.5 Å². The van der Waals surface area contributed by atoms with Crippen LogP contribution >= 0.6 is 0 Å². The van der Waals surface area contributed by atoms with Crippen LogP contribution in [0.3, 0.4) is 0 Å². The maximum atomic E-state index is 12.4. The van der Waals surface area contributed by atoms with Crippen molar-refractivity contribution in [2.75, 3.05) is 19.6 Å². The van der Waals surface area contributed by atoms with Gasteiger partial charge in [-0.1, -0.05) is 6.07 Å². The maximum Gasteiger partial charge on any atom is 0.240 e. The second-order valence-electron chi connectivity index (χ2n) is 5.51. The van der Waals surface area contributed by atoms with Gasteiger partial charge in [-0.15, -0.1) is 0 Å². The predicted molar refractivity (Wildman–Crippen MR) is 74.4 cm³/mol. The molecule has 0 aromatic heterocycles. The lowest BCUT2D eigenvalue weighted by Crippen LogP contribution is -2.57. The Balaban J connectivity index is 1.80. The van der Waals surface area contributed by atoms with Crippen molar-refractivity contribution in [1.29, 1.82) is 5.26 Å². The molecule has 0 spiro atoms. The van der Waals surface area contributed by atoms with E-state index >= 15 is 0 Å². The molecule has 5 nitrogen and oxygen atoms in total. The summed E-state index contributed by atoms with van der Waals surface area (Å²) in [7, 11) is -3.54. The molecule has 3 saturated heterocycles. The predicted octanol–water partition coefficient (Wildman–Crippen LogP) is 0.931. The van der Waals surface area contributed by atoms with Crippen LogP contribution in [0.1, 0.15) is 18.4 Å². The second-order valence-corrected chi connectivity index (χ2v) is 7.22. The van der Waals surface area contributed by atoms with Crippen molar-refractivity contribution in [2.24, 2.45) is 5.92 Å². The van der Waals surface area contributed by atoms with Gasteiger partial charge in [0.25, 0.3) is 0 Å². The van der Waals surface area contributed by atoms with Gasteiger partial charge in [0, 0.05) is 12.6 Å². The first kappa shape index (κ1) is 13.6. The van der Waals surface area contributed by atoms with E-state index in [0.29, 0.717) is 11.5 Å². The number of fused-ring (bicyclic) bond motifs is 3. The van der Waals surface area contributed by atoms with Gasteiger partial charge < -0.3 is 4.90 Å². The SMILES string of the molecule is N#Cc1cccc(S(=O)(=O)NC2CN3CCC2CC3)c1. The summed E-state index contributed by atoms with van der Waals surface area (Å²) in [4.78, 5) is 2.48. The van der Waals surface area contributed by atoms with Gasteiger partial charge in [0.2, 0.25) is 10.0 Å². The third kappa shape index (κ3) is 2.57. The maximum absolute atomic E-state index is 12.4. The van der Waals surface area contributed by atoms with Crippen molar-refractivity contribution in [3.63, 3.8) is 0 Å². The number of nitrogens with one attached hydrogen (secondary N) is 1. The molecule has 0 saturated carbocycles. The molecule has 1 aromatic rings. The van der Waals surface area contributed by atoms with Crippen LogP contribution in [0.15, 0.2) is 29.2 Å². The summed E-state index contributed by atoms with van der Waals surface area (Å²) in [5.74, 6) is 0.439. The fraction of sp³-hybridized carbons (Fsp3) is 0.500. The lowest BCUT2D eigenvalue weighted by Gasteiger charge is -2.44. The highest BCUT2D eigenvalue weighted by Gasteiger charge is 2.36. The van der Waals surface area contributed by atoms with Crippen LogP contribution in [0, 0.1) is 17.2 Å². The van der Waals surface area contributed by atoms with Gasteiger partial charge in [-0.25, -0.2) is 13.1 Å². The van der Waals surface area contributed by atoms with Crippen LogP contribution in [-0.2, 0) is 10.0 Å². The average molecular weight is 291 g/mol. The van der Waals surface area contributed by atoms with E-state index in [0.717, 1.165) is 32.5 Å². The van der Waals surface area contributed by atoms with Crippen molar-refractivity contribution in [2.45, 2.75) is 23.8 Å². The molecule has 4 rings (SSSR count). The summed E-state index contributed by atoms with van der Waals surface area (Å²) in [6, 6.07) is 8.12. The molecule has 0 radical (unpaired) electrons. The molecule has 1 N–H and O–H groups in total. The summed E-state index contributed by atoms with van der Waals surface area (Å²) < 4.78 is 27.6. The minimum atomic E-state index is -3.54. The fourth-order valence-electron chi connectivity index (χ4n) is 3.10. The molecule has 3 fully saturated rings. The van der Waals surface area contributed by atoms with Gasteiger partial charge in [0.15, 0.2) is 0 Å². The fourth-order valence-corrected chi connectivity index (χ4v) is 4.44. The van der Waals surface area contributed by atoms with Crippen LogP contribution in [0.2, 0.25) is 0 Å². The van der Waals surface area contributed by atoms with Gasteiger partial charge >= 0.3 is 0 Å². The molecular formula is C14H17N3O2S. The molecule has 0 aliphatic carbocycles. The molecule has 1 atom stereocenters. The van der Waals surface area contributed by atoms with Crippen LogP contribution in [0.25, 0.3) is 0 Å². The van der Waals surface area contributed by atoms with Crippen LogP contribution in [0.4, 0.5) is 0 Å². The monoisotopic (exact) mass is 291 g/mol. The molecule has 106 valence electrons. The lowest BCUT2D eigenvalue weighted by atomic mass is 9.85. The van der Waals surface area contributed by atoms with Crippen LogP contribution < -0.4 is 4.72 Å². The van der Waals surface area contributed by atoms with Crippen molar-refractivity contribution >= 4 is 10.0 Å². The van der Waals surface area contributed by atoms with E-state index in [9.17, 15) is 8.42 Å². The zero-order valence-electron chi connectivity index (χ0n) is 11.1. The number of nitrogens with zero attached hydrogens (tertiary/aromatic N) is 2. The molecule has 2 bridgehead atoms. The zero-order chi connectivity index (χ0) is 14.2. The van der Waals surface area contributed by atoms with Gasteiger partial charge in [-0.2, -0.15) is 5.26 Å². The lowest BCUT2D eigenvalue weighted by molar-refractivity contribution is 0.0827. The Labute approximate surface area is 119 Å². The first-order valence-electron chi connectivity index (χ1n) is 6.83. The molecule has 20 heavy (non-hydrogen) atoms. The Morgan fingerprint density at radius 3 is 2.65 bits per heavy atom. The van der Waals surface area contributed by atoms with E-state index < -0.39 is 10.0 Å². The summed E-state index contributed by atoms with van der Waals surface area (Å²) in [5, 5.41) is 8.86. The van der Waals surface area contributed by atoms with E-state index in [1.165, 1.54) is 12.1 Å². The first-order chi connectivity index (χ1) is 9.58. The Bertz CT molecular complexity index is 643. The molecule has 1 aromatic carbocycles. The zero-order valence-corrected chi connectivity index (χ0v) is 11.9. The van der Waals surface area contributed by atoms with Crippen LogP contribution in [-0.4, -0.2) is 39.0 Å². The van der Waals surface area contributed by atoms with E-state index in [4.69, 9.17) is 5.26 Å². The Morgan fingerprint density at radius 1 is 1.30 bits per heavy atom. The van der Waals surface area contributed by atoms with E-state index in [1.807, 2.05) is 6.07 Å². The highest BCUT2D eigenvalue weighted by molar-refractivity contribution is 7.89. The van der Waals surface area contributed by atoms with Crippen molar-refractivity contribution in [1.82, 2.24) is 9.62 Å². The third-order valence-electron chi connectivity index (χ3n) is 4.24. The van der Waals surface area contributed by atoms with Crippen molar-refractivity contribution in [3.8, 4) is 6.07 Å². The second kappa shape index (κ2) is 5.17. The minimum absolute atomic E-state index is 0.00626. The molecule has 0 amide bonds. The van der Waals surface area contributed by atoms with Gasteiger partial charge in [0.1, 0.15) is 0 Å². The van der Waals surface area contributed by atoms with Crippen molar-refractivity contribution in [3.05, 3.63) is 29.8 Å².